The van der Waals surface area contributed by atoms with Crippen molar-refractivity contribution < 1.29 is 4.42 Å². The molecule has 22 heavy (non-hydrogen) atoms. The van der Waals surface area contributed by atoms with Gasteiger partial charge >= 0.3 is 0 Å². The smallest absolute Gasteiger partial charge is 0.191 e. The summed E-state index contributed by atoms with van der Waals surface area (Å²) in [6, 6.07) is 0. The summed E-state index contributed by atoms with van der Waals surface area (Å²) >= 11 is 0. The van der Waals surface area contributed by atoms with Gasteiger partial charge in [-0.05, 0) is 27.2 Å². The van der Waals surface area contributed by atoms with Crippen molar-refractivity contribution in [3.05, 3.63) is 32.9 Å². The van der Waals surface area contributed by atoms with Crippen molar-refractivity contribution in [1.29, 1.82) is 0 Å². The maximum atomic E-state index is 12.0. The number of aryl methyl sites for hydroxylation is 2. The van der Waals surface area contributed by atoms with Gasteiger partial charge < -0.3 is 4.42 Å². The fraction of sp³-hybridized carbons (Fsp3) is 0.750. The molecule has 0 atom stereocenters. The predicted molar refractivity (Wildman–Crippen MR) is 94.7 cm³/mol. The standard InChI is InChI=1S/C20H34O2/c1-5-6-7-8-9-10-11-12-13-14-15-19-17(3)20(21)16(2)18(4)22-19/h5-15H2,1-4H3. The van der Waals surface area contributed by atoms with Crippen molar-refractivity contribution in [2.24, 2.45) is 0 Å². The monoisotopic (exact) mass is 306 g/mol. The molecule has 0 amide bonds. The Hall–Kier alpha value is -1.05. The summed E-state index contributed by atoms with van der Waals surface area (Å²) in [7, 11) is 0. The summed E-state index contributed by atoms with van der Waals surface area (Å²) in [4.78, 5) is 12.0. The lowest BCUT2D eigenvalue weighted by Gasteiger charge is -2.08. The van der Waals surface area contributed by atoms with Crippen LogP contribution in [0.2, 0.25) is 0 Å². The Bertz CT molecular complexity index is 485. The molecule has 0 bridgehead atoms. The third kappa shape index (κ3) is 6.37. The van der Waals surface area contributed by atoms with Gasteiger partial charge in [-0.25, -0.2) is 0 Å². The molecule has 0 aromatic carbocycles. The van der Waals surface area contributed by atoms with E-state index in [1.54, 1.807) is 0 Å². The van der Waals surface area contributed by atoms with E-state index in [0.29, 0.717) is 0 Å². The zero-order valence-electron chi connectivity index (χ0n) is 15.1. The van der Waals surface area contributed by atoms with Crippen LogP contribution in [0, 0.1) is 20.8 Å². The second-order valence-electron chi connectivity index (χ2n) is 6.59. The van der Waals surface area contributed by atoms with E-state index in [9.17, 15) is 4.79 Å². The first-order valence-electron chi connectivity index (χ1n) is 9.17. The normalized spacial score (nSPS) is 11.1. The molecule has 2 nitrogen and oxygen atoms in total. The first-order valence-corrected chi connectivity index (χ1v) is 9.17. The largest absolute Gasteiger partial charge is 0.466 e. The van der Waals surface area contributed by atoms with Crippen molar-refractivity contribution >= 4 is 0 Å². The lowest BCUT2D eigenvalue weighted by Crippen LogP contribution is -2.13. The first-order chi connectivity index (χ1) is 10.6. The van der Waals surface area contributed by atoms with Crippen molar-refractivity contribution in [1.82, 2.24) is 0 Å². The van der Waals surface area contributed by atoms with E-state index in [2.05, 4.69) is 6.92 Å². The quantitative estimate of drug-likeness (QED) is 0.467. The minimum Gasteiger partial charge on any atom is -0.466 e. The van der Waals surface area contributed by atoms with Crippen LogP contribution in [0.15, 0.2) is 9.21 Å². The zero-order valence-corrected chi connectivity index (χ0v) is 15.1. The molecule has 0 spiro atoms. The predicted octanol–water partition coefficient (Wildman–Crippen LogP) is 6.03. The van der Waals surface area contributed by atoms with E-state index in [1.165, 1.54) is 57.8 Å². The highest BCUT2D eigenvalue weighted by Crippen LogP contribution is 2.15. The molecule has 2 heteroatoms. The van der Waals surface area contributed by atoms with Gasteiger partial charge in [-0.2, -0.15) is 0 Å². The SMILES string of the molecule is CCCCCCCCCCCCc1oc(C)c(C)c(=O)c1C. The summed E-state index contributed by atoms with van der Waals surface area (Å²) in [5, 5.41) is 0. The van der Waals surface area contributed by atoms with E-state index in [-0.39, 0.29) is 5.43 Å². The third-order valence-corrected chi connectivity index (χ3v) is 4.66. The third-order valence-electron chi connectivity index (χ3n) is 4.66. The van der Waals surface area contributed by atoms with Gasteiger partial charge in [0.25, 0.3) is 0 Å². The van der Waals surface area contributed by atoms with Gasteiger partial charge in [0.05, 0.1) is 0 Å². The summed E-state index contributed by atoms with van der Waals surface area (Å²) in [5.74, 6) is 1.67. The molecule has 0 saturated heterocycles. The molecule has 1 heterocycles. The Morgan fingerprint density at radius 1 is 0.727 bits per heavy atom. The second-order valence-corrected chi connectivity index (χ2v) is 6.59. The van der Waals surface area contributed by atoms with Gasteiger partial charge in [0.15, 0.2) is 5.43 Å². The van der Waals surface area contributed by atoms with Crippen molar-refractivity contribution in [2.75, 3.05) is 0 Å². The summed E-state index contributed by atoms with van der Waals surface area (Å²) in [5.41, 5.74) is 1.72. The fourth-order valence-electron chi connectivity index (χ4n) is 2.92. The van der Waals surface area contributed by atoms with Crippen molar-refractivity contribution in [3.63, 3.8) is 0 Å². The van der Waals surface area contributed by atoms with Crippen molar-refractivity contribution in [2.45, 2.75) is 98.3 Å². The average Bonchev–Trinajstić information content (AvgIpc) is 2.51. The number of hydrogen-bond acceptors (Lipinski definition) is 2. The Morgan fingerprint density at radius 2 is 1.23 bits per heavy atom. The molecular formula is C20H34O2. The summed E-state index contributed by atoms with van der Waals surface area (Å²) in [6.45, 7) is 7.89. The van der Waals surface area contributed by atoms with Crippen LogP contribution in [0.5, 0.6) is 0 Å². The Labute approximate surface area is 136 Å². The summed E-state index contributed by atoms with van der Waals surface area (Å²) < 4.78 is 5.80. The topological polar surface area (TPSA) is 30.2 Å². The molecule has 0 fully saturated rings. The van der Waals surface area contributed by atoms with E-state index >= 15 is 0 Å². The van der Waals surface area contributed by atoms with Crippen LogP contribution < -0.4 is 5.43 Å². The Balaban J connectivity index is 2.17. The van der Waals surface area contributed by atoms with Gasteiger partial charge in [-0.3, -0.25) is 4.79 Å². The van der Waals surface area contributed by atoms with Crippen LogP contribution in [-0.4, -0.2) is 0 Å². The van der Waals surface area contributed by atoms with Crippen molar-refractivity contribution in [3.8, 4) is 0 Å². The van der Waals surface area contributed by atoms with Gasteiger partial charge in [0, 0.05) is 17.5 Å². The molecule has 1 aromatic heterocycles. The van der Waals surface area contributed by atoms with Crippen LogP contribution in [0.1, 0.15) is 93.8 Å². The first kappa shape index (κ1) is 19.0. The molecule has 0 radical (unpaired) electrons. The molecule has 0 N–H and O–H groups in total. The number of hydrogen-bond donors (Lipinski definition) is 0. The zero-order chi connectivity index (χ0) is 16.4. The van der Waals surface area contributed by atoms with Gasteiger partial charge in [-0.1, -0.05) is 64.7 Å². The van der Waals surface area contributed by atoms with Crippen LogP contribution in [0.4, 0.5) is 0 Å². The maximum Gasteiger partial charge on any atom is 0.191 e. The van der Waals surface area contributed by atoms with Crippen LogP contribution in [-0.2, 0) is 6.42 Å². The maximum absolute atomic E-state index is 12.0. The minimum absolute atomic E-state index is 0.158. The lowest BCUT2D eigenvalue weighted by atomic mass is 10.0. The second kappa shape index (κ2) is 10.6. The Morgan fingerprint density at radius 3 is 1.77 bits per heavy atom. The molecule has 0 aliphatic carbocycles. The van der Waals surface area contributed by atoms with E-state index < -0.39 is 0 Å². The van der Waals surface area contributed by atoms with Gasteiger partial charge in [0.1, 0.15) is 11.5 Å². The fourth-order valence-corrected chi connectivity index (χ4v) is 2.92. The molecule has 0 aliphatic rings. The summed E-state index contributed by atoms with van der Waals surface area (Å²) in [6.07, 6.45) is 14.2. The number of rotatable bonds is 11. The van der Waals surface area contributed by atoms with Gasteiger partial charge in [-0.15, -0.1) is 0 Å². The molecule has 1 rings (SSSR count). The van der Waals surface area contributed by atoms with Crippen LogP contribution in [0.25, 0.3) is 0 Å². The minimum atomic E-state index is 0.158. The number of unbranched alkanes of at least 4 members (excludes halogenated alkanes) is 9. The van der Waals surface area contributed by atoms with E-state index in [0.717, 1.165) is 35.5 Å². The molecule has 0 unspecified atom stereocenters. The van der Waals surface area contributed by atoms with E-state index in [4.69, 9.17) is 4.42 Å². The van der Waals surface area contributed by atoms with E-state index in [1.807, 2.05) is 20.8 Å². The average molecular weight is 306 g/mol. The van der Waals surface area contributed by atoms with Crippen LogP contribution >= 0.6 is 0 Å². The highest BCUT2D eigenvalue weighted by atomic mass is 16.3. The van der Waals surface area contributed by atoms with Gasteiger partial charge in [0.2, 0.25) is 0 Å². The molecule has 0 aliphatic heterocycles. The Kier molecular flexibility index (Phi) is 9.19. The lowest BCUT2D eigenvalue weighted by molar-refractivity contribution is 0.443. The highest BCUT2D eigenvalue weighted by molar-refractivity contribution is 5.25. The molecule has 0 saturated carbocycles. The highest BCUT2D eigenvalue weighted by Gasteiger charge is 2.10. The molecule has 1 aromatic rings. The molecular weight excluding hydrogens is 272 g/mol. The van der Waals surface area contributed by atoms with Crippen LogP contribution in [0.3, 0.4) is 0 Å². The molecule has 126 valence electrons.